The van der Waals surface area contributed by atoms with Crippen molar-refractivity contribution in [1.82, 2.24) is 0 Å². The van der Waals surface area contributed by atoms with Gasteiger partial charge >= 0.3 is 0 Å². The van der Waals surface area contributed by atoms with Gasteiger partial charge in [-0.05, 0) is 12.1 Å². The van der Waals surface area contributed by atoms with E-state index in [-0.39, 0.29) is 5.91 Å². The highest BCUT2D eigenvalue weighted by atomic mass is 35.5. The van der Waals surface area contributed by atoms with E-state index in [4.69, 9.17) is 26.8 Å². The molecule has 1 amide bonds. The minimum Gasteiger partial charge on any atom is -0.486 e. The van der Waals surface area contributed by atoms with Crippen LogP contribution in [0.1, 0.15) is 10.4 Å². The van der Waals surface area contributed by atoms with Crippen LogP contribution in [0, 0.1) is 0 Å². The molecule has 0 aliphatic carbocycles. The standard InChI is InChI=1S/C15H13ClN2O3/c16-10-7-13-14(21-6-5-20-13)8-12(10)18-15(19)9-3-1-2-4-11(9)17/h1-4,7-8H,5-6,17H2,(H,18,19). The highest BCUT2D eigenvalue weighted by Gasteiger charge is 2.17. The second kappa shape index (κ2) is 5.54. The fourth-order valence-corrected chi connectivity index (χ4v) is 2.25. The molecule has 0 unspecified atom stereocenters. The van der Waals surface area contributed by atoms with E-state index in [9.17, 15) is 4.79 Å². The Labute approximate surface area is 126 Å². The normalized spacial score (nSPS) is 12.8. The number of amides is 1. The first-order chi connectivity index (χ1) is 10.1. The Balaban J connectivity index is 1.88. The van der Waals surface area contributed by atoms with Gasteiger partial charge in [0, 0.05) is 17.8 Å². The number of carbonyl (C=O) groups excluding carboxylic acids is 1. The second-order valence-electron chi connectivity index (χ2n) is 4.52. The van der Waals surface area contributed by atoms with E-state index in [1.165, 1.54) is 0 Å². The molecule has 5 nitrogen and oxygen atoms in total. The van der Waals surface area contributed by atoms with Crippen LogP contribution in [0.15, 0.2) is 36.4 Å². The van der Waals surface area contributed by atoms with Gasteiger partial charge in [0.1, 0.15) is 13.2 Å². The van der Waals surface area contributed by atoms with E-state index in [2.05, 4.69) is 5.32 Å². The predicted octanol–water partition coefficient (Wildman–Crippen LogP) is 2.95. The molecule has 1 heterocycles. The maximum atomic E-state index is 12.2. The van der Waals surface area contributed by atoms with Crippen molar-refractivity contribution < 1.29 is 14.3 Å². The molecule has 0 spiro atoms. The van der Waals surface area contributed by atoms with Crippen LogP contribution >= 0.6 is 11.6 Å². The Morgan fingerprint density at radius 1 is 1.14 bits per heavy atom. The number of halogens is 1. The SMILES string of the molecule is Nc1ccccc1C(=O)Nc1cc2c(cc1Cl)OCCO2. The molecule has 0 bridgehead atoms. The Morgan fingerprint density at radius 3 is 2.52 bits per heavy atom. The molecule has 2 aromatic carbocycles. The lowest BCUT2D eigenvalue weighted by atomic mass is 10.1. The van der Waals surface area contributed by atoms with Crippen LogP contribution in [0.2, 0.25) is 5.02 Å². The minimum absolute atomic E-state index is 0.327. The molecule has 0 atom stereocenters. The number of para-hydroxylation sites is 1. The molecular formula is C15H13ClN2O3. The van der Waals surface area contributed by atoms with Crippen LogP contribution in [-0.4, -0.2) is 19.1 Å². The summed E-state index contributed by atoms with van der Waals surface area (Å²) in [5, 5.41) is 3.11. The molecule has 2 aromatic rings. The van der Waals surface area contributed by atoms with Crippen molar-refractivity contribution in [2.45, 2.75) is 0 Å². The molecule has 0 saturated carbocycles. The van der Waals surface area contributed by atoms with Crippen molar-refractivity contribution in [2.24, 2.45) is 0 Å². The van der Waals surface area contributed by atoms with E-state index >= 15 is 0 Å². The van der Waals surface area contributed by atoms with Gasteiger partial charge in [0.2, 0.25) is 0 Å². The number of fused-ring (bicyclic) bond motifs is 1. The minimum atomic E-state index is -0.327. The van der Waals surface area contributed by atoms with Crippen molar-refractivity contribution >= 4 is 28.9 Å². The number of nitrogens with one attached hydrogen (secondary N) is 1. The molecule has 0 aromatic heterocycles. The summed E-state index contributed by atoms with van der Waals surface area (Å²) >= 11 is 6.15. The molecule has 6 heteroatoms. The van der Waals surface area contributed by atoms with E-state index in [0.29, 0.717) is 46.7 Å². The molecular weight excluding hydrogens is 292 g/mol. The summed E-state index contributed by atoms with van der Waals surface area (Å²) in [6.07, 6.45) is 0. The first kappa shape index (κ1) is 13.6. The van der Waals surface area contributed by atoms with E-state index < -0.39 is 0 Å². The van der Waals surface area contributed by atoms with Gasteiger partial charge in [-0.15, -0.1) is 0 Å². The number of nitrogens with two attached hydrogens (primary N) is 1. The van der Waals surface area contributed by atoms with Crippen molar-refractivity contribution in [1.29, 1.82) is 0 Å². The number of benzene rings is 2. The molecule has 21 heavy (non-hydrogen) atoms. The van der Waals surface area contributed by atoms with Crippen molar-refractivity contribution in [3.8, 4) is 11.5 Å². The van der Waals surface area contributed by atoms with Gasteiger partial charge in [-0.3, -0.25) is 4.79 Å². The van der Waals surface area contributed by atoms with Crippen LogP contribution in [-0.2, 0) is 0 Å². The maximum absolute atomic E-state index is 12.2. The highest BCUT2D eigenvalue weighted by Crippen LogP contribution is 2.38. The van der Waals surface area contributed by atoms with Gasteiger partial charge in [-0.2, -0.15) is 0 Å². The monoisotopic (exact) mass is 304 g/mol. The number of rotatable bonds is 2. The summed E-state index contributed by atoms with van der Waals surface area (Å²) in [5.74, 6) is 0.803. The molecule has 0 radical (unpaired) electrons. The number of carbonyl (C=O) groups is 1. The van der Waals surface area contributed by atoms with Gasteiger partial charge in [-0.25, -0.2) is 0 Å². The summed E-state index contributed by atoms with van der Waals surface area (Å²) in [5.41, 5.74) is 7.04. The van der Waals surface area contributed by atoms with Crippen LogP contribution < -0.4 is 20.5 Å². The van der Waals surface area contributed by atoms with Gasteiger partial charge in [0.25, 0.3) is 5.91 Å². The van der Waals surface area contributed by atoms with Gasteiger partial charge in [-0.1, -0.05) is 23.7 Å². The molecule has 0 fully saturated rings. The summed E-state index contributed by atoms with van der Waals surface area (Å²) in [4.78, 5) is 12.2. The average Bonchev–Trinajstić information content (AvgIpc) is 2.48. The molecule has 0 saturated heterocycles. The van der Waals surface area contributed by atoms with Crippen LogP contribution in [0.3, 0.4) is 0 Å². The summed E-state index contributed by atoms with van der Waals surface area (Å²) < 4.78 is 10.9. The van der Waals surface area contributed by atoms with Crippen molar-refractivity contribution in [3.05, 3.63) is 47.0 Å². The third-order valence-electron chi connectivity index (χ3n) is 3.09. The number of hydrogen-bond donors (Lipinski definition) is 2. The number of ether oxygens (including phenoxy) is 2. The third kappa shape index (κ3) is 2.73. The molecule has 108 valence electrons. The lowest BCUT2D eigenvalue weighted by molar-refractivity contribution is 0.102. The fraction of sp³-hybridized carbons (Fsp3) is 0.133. The molecule has 1 aliphatic rings. The quantitative estimate of drug-likeness (QED) is 0.837. The lowest BCUT2D eigenvalue weighted by Gasteiger charge is -2.20. The summed E-state index contributed by atoms with van der Waals surface area (Å²) in [6, 6.07) is 10.1. The second-order valence-corrected chi connectivity index (χ2v) is 4.92. The highest BCUT2D eigenvalue weighted by molar-refractivity contribution is 6.34. The van der Waals surface area contributed by atoms with Gasteiger partial charge in [0.05, 0.1) is 16.3 Å². The van der Waals surface area contributed by atoms with E-state index in [0.717, 1.165) is 0 Å². The average molecular weight is 305 g/mol. The lowest BCUT2D eigenvalue weighted by Crippen LogP contribution is -2.17. The number of nitrogen functional groups attached to an aromatic ring is 1. The smallest absolute Gasteiger partial charge is 0.257 e. The molecule has 1 aliphatic heterocycles. The maximum Gasteiger partial charge on any atom is 0.257 e. The number of anilines is 2. The van der Waals surface area contributed by atoms with Gasteiger partial charge < -0.3 is 20.5 Å². The zero-order chi connectivity index (χ0) is 14.8. The first-order valence-corrected chi connectivity index (χ1v) is 6.78. The van der Waals surface area contributed by atoms with Gasteiger partial charge in [0.15, 0.2) is 11.5 Å². The van der Waals surface area contributed by atoms with Crippen LogP contribution in [0.4, 0.5) is 11.4 Å². The van der Waals surface area contributed by atoms with E-state index in [1.807, 2.05) is 0 Å². The molecule has 3 N–H and O–H groups in total. The topological polar surface area (TPSA) is 73.6 Å². The predicted molar refractivity (Wildman–Crippen MR) is 81.2 cm³/mol. The van der Waals surface area contributed by atoms with Crippen LogP contribution in [0.5, 0.6) is 11.5 Å². The Kier molecular flexibility index (Phi) is 3.58. The van der Waals surface area contributed by atoms with E-state index in [1.54, 1.807) is 36.4 Å². The zero-order valence-electron chi connectivity index (χ0n) is 11.1. The third-order valence-corrected chi connectivity index (χ3v) is 3.40. The first-order valence-electron chi connectivity index (χ1n) is 6.40. The van der Waals surface area contributed by atoms with Crippen molar-refractivity contribution in [3.63, 3.8) is 0 Å². The number of hydrogen-bond acceptors (Lipinski definition) is 4. The summed E-state index contributed by atoms with van der Waals surface area (Å²) in [6.45, 7) is 0.948. The Morgan fingerprint density at radius 2 is 1.81 bits per heavy atom. The fourth-order valence-electron chi connectivity index (χ4n) is 2.05. The van der Waals surface area contributed by atoms with Crippen molar-refractivity contribution in [2.75, 3.05) is 24.3 Å². The Bertz CT molecular complexity index is 703. The zero-order valence-corrected chi connectivity index (χ0v) is 11.8. The molecule has 3 rings (SSSR count). The largest absolute Gasteiger partial charge is 0.486 e. The summed E-state index contributed by atoms with van der Waals surface area (Å²) in [7, 11) is 0. The van der Waals surface area contributed by atoms with Crippen LogP contribution in [0.25, 0.3) is 0 Å². The Hall–Kier alpha value is -2.40.